The summed E-state index contributed by atoms with van der Waals surface area (Å²) in [5.74, 6) is 0.730. The van der Waals surface area contributed by atoms with Crippen molar-refractivity contribution < 1.29 is 40.7 Å². The number of allylic oxidation sites excluding steroid dienone is 1. The lowest BCUT2D eigenvalue weighted by Gasteiger charge is -2.21. The standard InChI is InChI=1S/C28H31FO8S/c1-18(2)13-14-35-23-12-9-20(15-24(23)36-17-32-3)26-25(33-4)16-22(19-7-10-21(29)11-8-19)27(34-5)28(26)37-38(6,30)31/h7-13,15-16H,14,17H2,1-6H3. The molecule has 0 aliphatic rings. The first-order valence-electron chi connectivity index (χ1n) is 11.5. The van der Waals surface area contributed by atoms with Crippen LogP contribution in [0.5, 0.6) is 28.7 Å². The van der Waals surface area contributed by atoms with Crippen molar-refractivity contribution >= 4 is 10.1 Å². The van der Waals surface area contributed by atoms with E-state index in [-0.39, 0.29) is 18.3 Å². The number of hydrogen-bond acceptors (Lipinski definition) is 8. The van der Waals surface area contributed by atoms with Crippen LogP contribution in [0.1, 0.15) is 13.8 Å². The molecule has 8 nitrogen and oxygen atoms in total. The maximum Gasteiger partial charge on any atom is 0.306 e. The summed E-state index contributed by atoms with van der Waals surface area (Å²) in [5.41, 5.74) is 2.92. The van der Waals surface area contributed by atoms with Gasteiger partial charge < -0.3 is 27.9 Å². The van der Waals surface area contributed by atoms with Crippen LogP contribution in [0.2, 0.25) is 0 Å². The molecule has 204 valence electrons. The van der Waals surface area contributed by atoms with Crippen molar-refractivity contribution in [3.05, 3.63) is 66.0 Å². The maximum absolute atomic E-state index is 13.6. The second-order valence-electron chi connectivity index (χ2n) is 8.46. The van der Waals surface area contributed by atoms with Crippen LogP contribution in [0.25, 0.3) is 22.3 Å². The molecule has 3 aromatic rings. The van der Waals surface area contributed by atoms with Gasteiger partial charge in [-0.15, -0.1) is 0 Å². The summed E-state index contributed by atoms with van der Waals surface area (Å²) in [4.78, 5) is 0. The van der Waals surface area contributed by atoms with Crippen molar-refractivity contribution in [2.24, 2.45) is 0 Å². The smallest absolute Gasteiger partial charge is 0.306 e. The zero-order valence-electron chi connectivity index (χ0n) is 22.2. The topological polar surface area (TPSA) is 89.5 Å². The minimum Gasteiger partial charge on any atom is -0.496 e. The van der Waals surface area contributed by atoms with Crippen LogP contribution in [0, 0.1) is 5.82 Å². The Bertz CT molecular complexity index is 1400. The minimum atomic E-state index is -4.00. The van der Waals surface area contributed by atoms with Gasteiger partial charge in [-0.2, -0.15) is 8.42 Å². The molecule has 38 heavy (non-hydrogen) atoms. The van der Waals surface area contributed by atoms with E-state index >= 15 is 0 Å². The highest BCUT2D eigenvalue weighted by molar-refractivity contribution is 7.86. The number of halogens is 1. The van der Waals surface area contributed by atoms with Gasteiger partial charge in [0.05, 0.1) is 26.0 Å². The number of ether oxygens (including phenoxy) is 5. The molecule has 0 radical (unpaired) electrons. The van der Waals surface area contributed by atoms with Crippen LogP contribution in [0.4, 0.5) is 4.39 Å². The van der Waals surface area contributed by atoms with E-state index in [0.29, 0.717) is 46.1 Å². The van der Waals surface area contributed by atoms with Gasteiger partial charge >= 0.3 is 10.1 Å². The van der Waals surface area contributed by atoms with Crippen LogP contribution in [-0.4, -0.2) is 49.4 Å². The van der Waals surface area contributed by atoms with Gasteiger partial charge in [-0.3, -0.25) is 0 Å². The predicted octanol–water partition coefficient (Wildman–Crippen LogP) is 5.84. The van der Waals surface area contributed by atoms with Gasteiger partial charge in [0.1, 0.15) is 18.2 Å². The number of benzene rings is 3. The van der Waals surface area contributed by atoms with E-state index in [1.54, 1.807) is 36.4 Å². The molecular weight excluding hydrogens is 515 g/mol. The first-order valence-corrected chi connectivity index (χ1v) is 13.4. The fourth-order valence-electron chi connectivity index (χ4n) is 3.64. The molecule has 0 saturated carbocycles. The minimum absolute atomic E-state index is 0.0425. The van der Waals surface area contributed by atoms with Crippen LogP contribution in [0.3, 0.4) is 0 Å². The summed E-state index contributed by atoms with van der Waals surface area (Å²) in [6.45, 7) is 4.22. The van der Waals surface area contributed by atoms with Crippen molar-refractivity contribution in [1.82, 2.24) is 0 Å². The molecule has 0 spiro atoms. The van der Waals surface area contributed by atoms with E-state index in [4.69, 9.17) is 27.9 Å². The fraction of sp³-hybridized carbons (Fsp3) is 0.286. The van der Waals surface area contributed by atoms with E-state index in [1.165, 1.54) is 33.5 Å². The second kappa shape index (κ2) is 12.7. The van der Waals surface area contributed by atoms with Gasteiger partial charge in [-0.1, -0.05) is 23.8 Å². The van der Waals surface area contributed by atoms with Crippen LogP contribution in [-0.2, 0) is 14.9 Å². The maximum atomic E-state index is 13.6. The lowest BCUT2D eigenvalue weighted by atomic mass is 9.96. The zero-order chi connectivity index (χ0) is 27.9. The third kappa shape index (κ3) is 7.17. The van der Waals surface area contributed by atoms with Crippen LogP contribution >= 0.6 is 0 Å². The molecule has 3 aromatic carbocycles. The quantitative estimate of drug-likeness (QED) is 0.159. The normalized spacial score (nSPS) is 11.0. The monoisotopic (exact) mass is 546 g/mol. The van der Waals surface area contributed by atoms with Gasteiger partial charge in [0.15, 0.2) is 29.8 Å². The molecule has 0 atom stereocenters. The van der Waals surface area contributed by atoms with Crippen molar-refractivity contribution in [3.8, 4) is 51.0 Å². The van der Waals surface area contributed by atoms with Gasteiger partial charge in [-0.05, 0) is 61.4 Å². The Morgan fingerprint density at radius 2 is 1.53 bits per heavy atom. The summed E-state index contributed by atoms with van der Waals surface area (Å²) >= 11 is 0. The fourth-order valence-corrected chi connectivity index (χ4v) is 4.11. The molecular formula is C28H31FO8S. The Labute approximate surface area is 222 Å². The second-order valence-corrected chi connectivity index (χ2v) is 10.0. The average molecular weight is 547 g/mol. The number of rotatable bonds is 12. The molecule has 0 amide bonds. The van der Waals surface area contributed by atoms with E-state index in [2.05, 4.69) is 0 Å². The lowest BCUT2D eigenvalue weighted by molar-refractivity contribution is 0.0489. The van der Waals surface area contributed by atoms with Gasteiger partial charge in [0.25, 0.3) is 0 Å². The molecule has 0 N–H and O–H groups in total. The molecule has 0 aliphatic carbocycles. The van der Waals surface area contributed by atoms with E-state index in [0.717, 1.165) is 11.8 Å². The third-order valence-corrected chi connectivity index (χ3v) is 5.78. The van der Waals surface area contributed by atoms with Crippen molar-refractivity contribution in [3.63, 3.8) is 0 Å². The average Bonchev–Trinajstić information content (AvgIpc) is 2.86. The Morgan fingerprint density at radius 1 is 0.842 bits per heavy atom. The Morgan fingerprint density at radius 3 is 2.11 bits per heavy atom. The van der Waals surface area contributed by atoms with Gasteiger partial charge in [0, 0.05) is 12.7 Å². The van der Waals surface area contributed by atoms with Crippen molar-refractivity contribution in [1.29, 1.82) is 0 Å². The molecule has 0 saturated heterocycles. The summed E-state index contributed by atoms with van der Waals surface area (Å²) in [7, 11) is 0.330. The van der Waals surface area contributed by atoms with Crippen LogP contribution < -0.4 is 23.1 Å². The largest absolute Gasteiger partial charge is 0.496 e. The molecule has 0 bridgehead atoms. The Hall–Kier alpha value is -3.76. The Kier molecular flexibility index (Phi) is 9.60. The van der Waals surface area contributed by atoms with Crippen molar-refractivity contribution in [2.45, 2.75) is 13.8 Å². The number of hydrogen-bond donors (Lipinski definition) is 0. The summed E-state index contributed by atoms with van der Waals surface area (Å²) in [5, 5.41) is 0. The molecule has 10 heteroatoms. The molecule has 0 heterocycles. The van der Waals surface area contributed by atoms with Gasteiger partial charge in [-0.25, -0.2) is 4.39 Å². The first-order chi connectivity index (χ1) is 18.1. The summed E-state index contributed by atoms with van der Waals surface area (Å²) < 4.78 is 71.8. The SMILES string of the molecule is COCOc1cc(-c2c(OC)cc(-c3ccc(F)cc3)c(OC)c2OS(C)(=O)=O)ccc1OCC=C(C)C. The van der Waals surface area contributed by atoms with Gasteiger partial charge in [0.2, 0.25) is 0 Å². The number of methoxy groups -OCH3 is 3. The van der Waals surface area contributed by atoms with E-state index < -0.39 is 15.9 Å². The Balaban J connectivity index is 2.28. The van der Waals surface area contributed by atoms with Crippen molar-refractivity contribution in [2.75, 3.05) is 41.0 Å². The van der Waals surface area contributed by atoms with Crippen LogP contribution in [0.15, 0.2) is 60.2 Å². The molecule has 3 rings (SSSR count). The zero-order valence-corrected chi connectivity index (χ0v) is 23.0. The van der Waals surface area contributed by atoms with E-state index in [1.807, 2.05) is 19.9 Å². The molecule has 0 unspecified atom stereocenters. The molecule has 0 fully saturated rings. The molecule has 0 aliphatic heterocycles. The summed E-state index contributed by atoms with van der Waals surface area (Å²) in [6.07, 6.45) is 2.86. The predicted molar refractivity (Wildman–Crippen MR) is 143 cm³/mol. The highest BCUT2D eigenvalue weighted by atomic mass is 32.2. The van der Waals surface area contributed by atoms with E-state index in [9.17, 15) is 12.8 Å². The summed E-state index contributed by atoms with van der Waals surface area (Å²) in [6, 6.07) is 12.4. The molecule has 0 aromatic heterocycles. The lowest BCUT2D eigenvalue weighted by Crippen LogP contribution is -2.09. The first kappa shape index (κ1) is 28.8. The highest BCUT2D eigenvalue weighted by Gasteiger charge is 2.27. The third-order valence-electron chi connectivity index (χ3n) is 5.31. The highest BCUT2D eigenvalue weighted by Crippen LogP contribution is 2.51.